The van der Waals surface area contributed by atoms with Gasteiger partial charge in [0.25, 0.3) is 0 Å². The maximum Gasteiger partial charge on any atom is 0.416 e. The second kappa shape index (κ2) is 12.1. The van der Waals surface area contributed by atoms with Gasteiger partial charge in [-0.1, -0.05) is 41.4 Å². The number of carboxylic acids is 1. The molecule has 0 saturated carbocycles. The number of alkyl halides is 3. The highest BCUT2D eigenvalue weighted by Crippen LogP contribution is 2.41. The molecule has 1 aliphatic heterocycles. The predicted octanol–water partition coefficient (Wildman–Crippen LogP) is 9.44. The molecule has 228 valence electrons. The summed E-state index contributed by atoms with van der Waals surface area (Å²) in [6.07, 6.45) is -6.30. The van der Waals surface area contributed by atoms with Crippen molar-refractivity contribution < 1.29 is 37.3 Å². The van der Waals surface area contributed by atoms with Gasteiger partial charge in [-0.3, -0.25) is 4.90 Å². The summed E-state index contributed by atoms with van der Waals surface area (Å²) in [5, 5.41) is 9.66. The number of carboxylic acid groups (broad SMARTS) is 1. The Labute approximate surface area is 261 Å². The first kappa shape index (κ1) is 31.2. The molecule has 44 heavy (non-hydrogen) atoms. The van der Waals surface area contributed by atoms with E-state index in [9.17, 15) is 27.9 Å². The molecule has 1 saturated heterocycles. The molecule has 0 bridgehead atoms. The molecule has 0 spiro atoms. The van der Waals surface area contributed by atoms with Crippen LogP contribution in [0.2, 0.25) is 10.0 Å². The number of nitrogens with zero attached hydrogens (tertiary/aromatic N) is 1. The number of carbonyl (C=O) groups excluding carboxylic acids is 1. The Morgan fingerprint density at radius 2 is 1.68 bits per heavy atom. The molecule has 1 heterocycles. The topological polar surface area (TPSA) is 76.1 Å². The molecule has 0 aromatic heterocycles. The second-order valence-electron chi connectivity index (χ2n) is 10.5. The molecule has 6 nitrogen and oxygen atoms in total. The number of aromatic carboxylic acids is 1. The van der Waals surface area contributed by atoms with Crippen LogP contribution in [0.5, 0.6) is 5.75 Å². The van der Waals surface area contributed by atoms with Gasteiger partial charge in [0.1, 0.15) is 11.9 Å². The predicted molar refractivity (Wildman–Crippen MR) is 161 cm³/mol. The van der Waals surface area contributed by atoms with E-state index in [1.165, 1.54) is 24.1 Å². The van der Waals surface area contributed by atoms with Crippen molar-refractivity contribution in [3.63, 3.8) is 0 Å². The third-order valence-electron chi connectivity index (χ3n) is 7.65. The Balaban J connectivity index is 1.52. The van der Waals surface area contributed by atoms with Gasteiger partial charge in [0.2, 0.25) is 0 Å². The minimum atomic E-state index is -4.62. The third kappa shape index (κ3) is 6.21. The van der Waals surface area contributed by atoms with Gasteiger partial charge in [-0.25, -0.2) is 9.59 Å². The average Bonchev–Trinajstić information content (AvgIpc) is 3.24. The largest absolute Gasteiger partial charge is 0.496 e. The third-order valence-corrected chi connectivity index (χ3v) is 8.10. The summed E-state index contributed by atoms with van der Waals surface area (Å²) in [6.45, 7) is 3.56. The zero-order valence-electron chi connectivity index (χ0n) is 23.7. The molecule has 1 N–H and O–H groups in total. The van der Waals surface area contributed by atoms with Gasteiger partial charge >= 0.3 is 18.2 Å². The molecular formula is C33H26Cl2F3NO5. The molecule has 1 aliphatic rings. The number of benzene rings is 4. The molecule has 0 radical (unpaired) electrons. The number of amides is 1. The number of hydrogen-bond donors (Lipinski definition) is 1. The summed E-state index contributed by atoms with van der Waals surface area (Å²) in [5.74, 6) is -0.473. The first-order valence-corrected chi connectivity index (χ1v) is 14.2. The molecule has 0 aliphatic carbocycles. The van der Waals surface area contributed by atoms with Crippen LogP contribution in [0.1, 0.15) is 45.6 Å². The molecule has 11 heteroatoms. The van der Waals surface area contributed by atoms with Gasteiger partial charge < -0.3 is 14.6 Å². The van der Waals surface area contributed by atoms with Crippen LogP contribution in [0.15, 0.2) is 72.8 Å². The van der Waals surface area contributed by atoms with Crippen LogP contribution in [0, 0.1) is 6.92 Å². The average molecular weight is 644 g/mol. The minimum Gasteiger partial charge on any atom is -0.496 e. The second-order valence-corrected chi connectivity index (χ2v) is 11.4. The zero-order valence-corrected chi connectivity index (χ0v) is 25.2. The fourth-order valence-corrected chi connectivity index (χ4v) is 5.88. The maximum absolute atomic E-state index is 13.5. The Morgan fingerprint density at radius 3 is 2.34 bits per heavy atom. The van der Waals surface area contributed by atoms with Crippen molar-refractivity contribution in [3.05, 3.63) is 111 Å². The number of aryl methyl sites for hydroxylation is 1. The van der Waals surface area contributed by atoms with E-state index in [0.29, 0.717) is 27.5 Å². The van der Waals surface area contributed by atoms with Crippen molar-refractivity contribution in [2.45, 2.75) is 38.7 Å². The van der Waals surface area contributed by atoms with Gasteiger partial charge in [0.15, 0.2) is 0 Å². The summed E-state index contributed by atoms with van der Waals surface area (Å²) >= 11 is 12.4. The van der Waals surface area contributed by atoms with Crippen molar-refractivity contribution in [3.8, 4) is 28.0 Å². The molecular weight excluding hydrogens is 618 g/mol. The summed E-state index contributed by atoms with van der Waals surface area (Å²) < 4.78 is 51.6. The van der Waals surface area contributed by atoms with Crippen LogP contribution < -0.4 is 4.74 Å². The van der Waals surface area contributed by atoms with Crippen molar-refractivity contribution in [1.29, 1.82) is 0 Å². The quantitative estimate of drug-likeness (QED) is 0.217. The van der Waals surface area contributed by atoms with Crippen LogP contribution in [0.3, 0.4) is 0 Å². The lowest BCUT2D eigenvalue weighted by Gasteiger charge is -2.23. The number of rotatable bonds is 7. The first-order valence-electron chi connectivity index (χ1n) is 13.4. The fraction of sp³-hybridized carbons (Fsp3) is 0.212. The Bertz CT molecular complexity index is 1780. The van der Waals surface area contributed by atoms with Crippen molar-refractivity contribution in [1.82, 2.24) is 4.90 Å². The van der Waals surface area contributed by atoms with E-state index in [1.54, 1.807) is 43.3 Å². The zero-order chi connectivity index (χ0) is 31.9. The van der Waals surface area contributed by atoms with Crippen molar-refractivity contribution in [2.75, 3.05) is 7.11 Å². The molecule has 1 fully saturated rings. The van der Waals surface area contributed by atoms with Crippen LogP contribution in [0.4, 0.5) is 18.0 Å². The lowest BCUT2D eigenvalue weighted by Crippen LogP contribution is -2.31. The normalized spacial score (nSPS) is 16.6. The maximum atomic E-state index is 13.5. The van der Waals surface area contributed by atoms with E-state index in [2.05, 4.69) is 0 Å². The number of carbonyl (C=O) groups is 2. The number of halogens is 5. The van der Waals surface area contributed by atoms with Crippen LogP contribution in [-0.4, -0.2) is 35.2 Å². The van der Waals surface area contributed by atoms with Gasteiger partial charge in [-0.05, 0) is 102 Å². The fourth-order valence-electron chi connectivity index (χ4n) is 5.45. The summed E-state index contributed by atoms with van der Waals surface area (Å²) in [5.41, 5.74) is 3.84. The van der Waals surface area contributed by atoms with Gasteiger partial charge in [0.05, 0.1) is 30.8 Å². The Hall–Kier alpha value is -4.21. The standard InChI is InChI=1S/C33H26Cl2F3NO5/c1-17-10-20(31(40)41)4-7-26(17)19-5-9-29(43-3)28(14-19)27-8-6-24(34)13-22(27)16-39-18(2)30(44-32(39)42)21-11-23(33(36,37)38)15-25(35)12-21/h4-15,18,30H,16H2,1-3H3,(H,40,41)/t18-,30-/m0/s1. The highest BCUT2D eigenvalue weighted by molar-refractivity contribution is 6.31. The van der Waals surface area contributed by atoms with E-state index in [0.717, 1.165) is 28.8 Å². The van der Waals surface area contributed by atoms with Crippen LogP contribution in [-0.2, 0) is 17.5 Å². The highest BCUT2D eigenvalue weighted by atomic mass is 35.5. The first-order chi connectivity index (χ1) is 20.8. The number of methoxy groups -OCH3 is 1. The SMILES string of the molecule is COc1ccc(-c2ccc(C(=O)O)cc2C)cc1-c1ccc(Cl)cc1CN1C(=O)O[C@H](c2cc(Cl)cc(C(F)(F)F)c2)[C@@H]1C. The molecule has 5 rings (SSSR count). The van der Waals surface area contributed by atoms with E-state index in [-0.39, 0.29) is 22.7 Å². The Morgan fingerprint density at radius 1 is 0.955 bits per heavy atom. The minimum absolute atomic E-state index is 0.0405. The highest BCUT2D eigenvalue weighted by Gasteiger charge is 2.41. The summed E-state index contributed by atoms with van der Waals surface area (Å²) in [6, 6.07) is 18.2. The van der Waals surface area contributed by atoms with E-state index < -0.39 is 35.9 Å². The van der Waals surface area contributed by atoms with Crippen molar-refractivity contribution >= 4 is 35.3 Å². The summed E-state index contributed by atoms with van der Waals surface area (Å²) in [7, 11) is 1.53. The lowest BCUT2D eigenvalue weighted by molar-refractivity contribution is -0.137. The monoisotopic (exact) mass is 643 g/mol. The van der Waals surface area contributed by atoms with E-state index in [4.69, 9.17) is 32.7 Å². The number of hydrogen-bond acceptors (Lipinski definition) is 4. The molecule has 2 atom stereocenters. The number of ether oxygens (including phenoxy) is 2. The molecule has 4 aromatic rings. The van der Waals surface area contributed by atoms with E-state index in [1.807, 2.05) is 19.1 Å². The number of cyclic esters (lactones) is 1. The summed E-state index contributed by atoms with van der Waals surface area (Å²) in [4.78, 5) is 26.0. The molecule has 1 amide bonds. The van der Waals surface area contributed by atoms with Crippen molar-refractivity contribution in [2.24, 2.45) is 0 Å². The lowest BCUT2D eigenvalue weighted by atomic mass is 9.92. The Kier molecular flexibility index (Phi) is 8.55. The van der Waals surface area contributed by atoms with E-state index >= 15 is 0 Å². The molecule has 4 aromatic carbocycles. The van der Waals surface area contributed by atoms with Gasteiger partial charge in [0, 0.05) is 15.6 Å². The molecule has 0 unspecified atom stereocenters. The van der Waals surface area contributed by atoms with Gasteiger partial charge in [-0.15, -0.1) is 0 Å². The smallest absolute Gasteiger partial charge is 0.416 e. The van der Waals surface area contributed by atoms with Crippen LogP contribution >= 0.6 is 23.2 Å². The van der Waals surface area contributed by atoms with Gasteiger partial charge in [-0.2, -0.15) is 13.2 Å². The van der Waals surface area contributed by atoms with Crippen LogP contribution in [0.25, 0.3) is 22.3 Å².